The number of aromatic amines is 1. The van der Waals surface area contributed by atoms with E-state index in [1.807, 2.05) is 0 Å². The lowest BCUT2D eigenvalue weighted by molar-refractivity contribution is 0.542. The van der Waals surface area contributed by atoms with Gasteiger partial charge >= 0.3 is 0 Å². The zero-order valence-electron chi connectivity index (χ0n) is 6.96. The lowest BCUT2D eigenvalue weighted by Crippen LogP contribution is -2.28. The molecule has 0 aliphatic carbocycles. The highest BCUT2D eigenvalue weighted by Crippen LogP contribution is 2.08. The number of nitrogens with two attached hydrogens (primary N) is 1. The molecule has 0 saturated heterocycles. The van der Waals surface area contributed by atoms with Crippen LogP contribution in [0.1, 0.15) is 25.2 Å². The van der Waals surface area contributed by atoms with Crippen LogP contribution in [0.15, 0.2) is 12.4 Å². The normalized spacial score (nSPS) is 11.8. The van der Waals surface area contributed by atoms with Crippen LogP contribution in [0.4, 0.5) is 0 Å². The van der Waals surface area contributed by atoms with Crippen molar-refractivity contribution >= 4 is 0 Å². The second-order valence-electron chi connectivity index (χ2n) is 2.32. The van der Waals surface area contributed by atoms with E-state index in [1.54, 1.807) is 19.3 Å². The molecule has 0 fully saturated rings. The van der Waals surface area contributed by atoms with Crippen molar-refractivity contribution < 1.29 is 0 Å². The second kappa shape index (κ2) is 4.54. The number of hydrogen-bond acceptors (Lipinski definition) is 3. The maximum Gasteiger partial charge on any atom is 0.125 e. The number of nitrogens with zero attached hydrogens (tertiary/aromatic N) is 1. The Bertz CT molecular complexity index is 267. The van der Waals surface area contributed by atoms with Crippen LogP contribution in [0.5, 0.6) is 0 Å². The predicted molar refractivity (Wildman–Crippen MR) is 46.7 cm³/mol. The van der Waals surface area contributed by atoms with Crippen LogP contribution in [-0.4, -0.2) is 9.97 Å². The number of nitrogens with one attached hydrogen (secondary N) is 2. The molecule has 0 amide bonds. The fourth-order valence-electron chi connectivity index (χ4n) is 0.907. The molecule has 1 aromatic heterocycles. The molecule has 0 spiro atoms. The molecule has 0 aromatic carbocycles. The third kappa shape index (κ3) is 2.09. The summed E-state index contributed by atoms with van der Waals surface area (Å²) in [6.07, 6.45) is 4.12. The van der Waals surface area contributed by atoms with E-state index >= 15 is 0 Å². The van der Waals surface area contributed by atoms with Crippen LogP contribution in [-0.2, 0) is 0 Å². The van der Waals surface area contributed by atoms with Gasteiger partial charge in [0.15, 0.2) is 0 Å². The lowest BCUT2D eigenvalue weighted by atomic mass is 10.2. The van der Waals surface area contributed by atoms with E-state index in [1.165, 1.54) is 0 Å². The van der Waals surface area contributed by atoms with Crippen molar-refractivity contribution in [2.24, 2.45) is 5.84 Å². The molecule has 1 atom stereocenters. The summed E-state index contributed by atoms with van der Waals surface area (Å²) in [5.74, 6) is 11.9. The Balaban J connectivity index is 2.61. The van der Waals surface area contributed by atoms with Crippen molar-refractivity contribution in [1.82, 2.24) is 15.4 Å². The monoisotopic (exact) mass is 164 g/mol. The minimum Gasteiger partial charge on any atom is -0.347 e. The number of rotatable bonds is 3. The molecular weight excluding hydrogens is 152 g/mol. The van der Waals surface area contributed by atoms with Gasteiger partial charge in [-0.05, 0) is 6.92 Å². The third-order valence-electron chi connectivity index (χ3n) is 1.53. The average Bonchev–Trinajstić information content (AvgIpc) is 2.59. The maximum absolute atomic E-state index is 5.33. The van der Waals surface area contributed by atoms with Crippen LogP contribution in [0, 0.1) is 11.8 Å². The fraction of sp³-hybridized carbons (Fsp3) is 0.375. The zero-order chi connectivity index (χ0) is 8.81. The van der Waals surface area contributed by atoms with Crippen molar-refractivity contribution in [3.05, 3.63) is 18.2 Å². The molecule has 0 radical (unpaired) electrons. The van der Waals surface area contributed by atoms with Gasteiger partial charge in [-0.25, -0.2) is 10.4 Å². The lowest BCUT2D eigenvalue weighted by Gasteiger charge is -2.08. The van der Waals surface area contributed by atoms with Crippen molar-refractivity contribution in [2.45, 2.75) is 19.4 Å². The van der Waals surface area contributed by atoms with Crippen molar-refractivity contribution in [1.29, 1.82) is 0 Å². The maximum atomic E-state index is 5.33. The second-order valence-corrected chi connectivity index (χ2v) is 2.32. The van der Waals surface area contributed by atoms with Crippen LogP contribution in [0.3, 0.4) is 0 Å². The fourth-order valence-corrected chi connectivity index (χ4v) is 0.907. The van der Waals surface area contributed by atoms with Crippen LogP contribution < -0.4 is 11.3 Å². The molecule has 0 aliphatic heterocycles. The van der Waals surface area contributed by atoms with E-state index < -0.39 is 0 Å². The molecular formula is C8H12N4. The van der Waals surface area contributed by atoms with Crippen LogP contribution in [0.25, 0.3) is 0 Å². The molecule has 1 unspecified atom stereocenters. The SMILES string of the molecule is CC#CCC(NN)c1ncc[nH]1. The van der Waals surface area contributed by atoms with E-state index in [2.05, 4.69) is 27.2 Å². The highest BCUT2D eigenvalue weighted by Gasteiger charge is 2.08. The van der Waals surface area contributed by atoms with E-state index in [9.17, 15) is 0 Å². The van der Waals surface area contributed by atoms with Gasteiger partial charge in [-0.1, -0.05) is 0 Å². The summed E-state index contributed by atoms with van der Waals surface area (Å²) < 4.78 is 0. The van der Waals surface area contributed by atoms with Gasteiger partial charge in [-0.15, -0.1) is 11.8 Å². The number of aromatic nitrogens is 2. The summed E-state index contributed by atoms with van der Waals surface area (Å²) in [6, 6.07) is -0.00699. The Labute approximate surface area is 71.5 Å². The summed E-state index contributed by atoms with van der Waals surface area (Å²) >= 11 is 0. The Hall–Kier alpha value is -1.31. The largest absolute Gasteiger partial charge is 0.347 e. The summed E-state index contributed by atoms with van der Waals surface area (Å²) in [7, 11) is 0. The third-order valence-corrected chi connectivity index (χ3v) is 1.53. The van der Waals surface area contributed by atoms with Gasteiger partial charge in [-0.2, -0.15) is 0 Å². The topological polar surface area (TPSA) is 66.7 Å². The summed E-state index contributed by atoms with van der Waals surface area (Å²) in [6.45, 7) is 1.80. The van der Waals surface area contributed by atoms with Crippen molar-refractivity contribution in [2.75, 3.05) is 0 Å². The van der Waals surface area contributed by atoms with Gasteiger partial charge < -0.3 is 4.98 Å². The van der Waals surface area contributed by atoms with Crippen LogP contribution >= 0.6 is 0 Å². The first-order chi connectivity index (χ1) is 5.88. The molecule has 4 N–H and O–H groups in total. The van der Waals surface area contributed by atoms with E-state index in [0.29, 0.717) is 6.42 Å². The van der Waals surface area contributed by atoms with Crippen molar-refractivity contribution in [3.8, 4) is 11.8 Å². The van der Waals surface area contributed by atoms with E-state index in [0.717, 1.165) is 5.82 Å². The first-order valence-electron chi connectivity index (χ1n) is 3.73. The number of imidazole rings is 1. The number of hydrazine groups is 1. The molecule has 4 nitrogen and oxygen atoms in total. The average molecular weight is 164 g/mol. The highest BCUT2D eigenvalue weighted by atomic mass is 15.2. The van der Waals surface area contributed by atoms with Gasteiger partial charge in [0.25, 0.3) is 0 Å². The first kappa shape index (κ1) is 8.78. The van der Waals surface area contributed by atoms with Gasteiger partial charge in [0, 0.05) is 18.8 Å². The predicted octanol–water partition coefficient (Wildman–Crippen LogP) is 0.327. The van der Waals surface area contributed by atoms with Gasteiger partial charge in [0.2, 0.25) is 0 Å². The van der Waals surface area contributed by atoms with Gasteiger partial charge in [0.1, 0.15) is 5.82 Å². The summed E-state index contributed by atoms with van der Waals surface area (Å²) in [5.41, 5.74) is 2.64. The first-order valence-corrected chi connectivity index (χ1v) is 3.73. The quantitative estimate of drug-likeness (QED) is 0.342. The summed E-state index contributed by atoms with van der Waals surface area (Å²) in [5, 5.41) is 0. The standard InChI is InChI=1S/C8H12N4/c1-2-3-4-7(12-9)8-10-5-6-11-8/h5-7,12H,4,9H2,1H3,(H,10,11). The minimum absolute atomic E-state index is 0.00699. The van der Waals surface area contributed by atoms with Crippen molar-refractivity contribution in [3.63, 3.8) is 0 Å². The molecule has 1 rings (SSSR count). The molecule has 0 aliphatic rings. The molecule has 1 heterocycles. The highest BCUT2D eigenvalue weighted by molar-refractivity contribution is 5.04. The van der Waals surface area contributed by atoms with Crippen LogP contribution in [0.2, 0.25) is 0 Å². The molecule has 1 aromatic rings. The molecule has 64 valence electrons. The Morgan fingerprint density at radius 1 is 1.83 bits per heavy atom. The smallest absolute Gasteiger partial charge is 0.125 e. The molecule has 0 saturated carbocycles. The van der Waals surface area contributed by atoms with E-state index in [4.69, 9.17) is 5.84 Å². The molecule has 12 heavy (non-hydrogen) atoms. The summed E-state index contributed by atoms with van der Waals surface area (Å²) in [4.78, 5) is 7.05. The van der Waals surface area contributed by atoms with Gasteiger partial charge in [0.05, 0.1) is 6.04 Å². The Kier molecular flexibility index (Phi) is 3.33. The van der Waals surface area contributed by atoms with Gasteiger partial charge in [-0.3, -0.25) is 5.84 Å². The molecule has 0 bridgehead atoms. The molecule has 4 heteroatoms. The Morgan fingerprint density at radius 2 is 2.67 bits per heavy atom. The minimum atomic E-state index is -0.00699. The number of hydrogen-bond donors (Lipinski definition) is 3. The van der Waals surface area contributed by atoms with E-state index in [-0.39, 0.29) is 6.04 Å². The Morgan fingerprint density at radius 3 is 3.17 bits per heavy atom. The number of H-pyrrole nitrogens is 1. The zero-order valence-corrected chi connectivity index (χ0v) is 6.96.